The van der Waals surface area contributed by atoms with Gasteiger partial charge in [-0.3, -0.25) is 9.59 Å². The standard InChI is InChI=1S/C21H22O4/c1-21(2)24-19(17(22)13-15-9-5-3-6-10-15)20(25-21)18(23)14-16-11-7-4-8-12-16/h3-12,19-20H,13-14H2,1-2H3. The molecule has 0 spiro atoms. The van der Waals surface area contributed by atoms with E-state index in [1.807, 2.05) is 60.7 Å². The van der Waals surface area contributed by atoms with Gasteiger partial charge in [0.15, 0.2) is 29.6 Å². The van der Waals surface area contributed by atoms with Crippen LogP contribution in [0, 0.1) is 0 Å². The molecule has 1 aliphatic heterocycles. The van der Waals surface area contributed by atoms with Crippen LogP contribution in [0.25, 0.3) is 0 Å². The number of ketones is 2. The Morgan fingerprint density at radius 1 is 0.760 bits per heavy atom. The van der Waals surface area contributed by atoms with E-state index in [1.54, 1.807) is 13.8 Å². The van der Waals surface area contributed by atoms with Gasteiger partial charge in [-0.05, 0) is 25.0 Å². The summed E-state index contributed by atoms with van der Waals surface area (Å²) in [5.41, 5.74) is 1.80. The van der Waals surface area contributed by atoms with Crippen molar-refractivity contribution < 1.29 is 19.1 Å². The molecule has 0 bridgehead atoms. The van der Waals surface area contributed by atoms with Gasteiger partial charge in [0.05, 0.1) is 0 Å². The minimum atomic E-state index is -0.950. The quantitative estimate of drug-likeness (QED) is 0.812. The topological polar surface area (TPSA) is 52.6 Å². The molecular weight excluding hydrogens is 316 g/mol. The highest BCUT2D eigenvalue weighted by Gasteiger charge is 2.47. The van der Waals surface area contributed by atoms with Crippen molar-refractivity contribution in [1.82, 2.24) is 0 Å². The molecule has 1 aliphatic rings. The Balaban J connectivity index is 1.74. The molecule has 0 aromatic heterocycles. The van der Waals surface area contributed by atoms with Crippen LogP contribution in [-0.2, 0) is 31.9 Å². The van der Waals surface area contributed by atoms with E-state index in [0.717, 1.165) is 11.1 Å². The highest BCUT2D eigenvalue weighted by atomic mass is 16.8. The number of rotatable bonds is 6. The third-order valence-corrected chi connectivity index (χ3v) is 4.17. The van der Waals surface area contributed by atoms with Crippen LogP contribution in [0.3, 0.4) is 0 Å². The van der Waals surface area contributed by atoms with Crippen LogP contribution >= 0.6 is 0 Å². The number of ether oxygens (including phenoxy) is 2. The molecule has 25 heavy (non-hydrogen) atoms. The van der Waals surface area contributed by atoms with E-state index in [1.165, 1.54) is 0 Å². The molecule has 130 valence electrons. The van der Waals surface area contributed by atoms with Gasteiger partial charge in [0.1, 0.15) is 0 Å². The first-order chi connectivity index (χ1) is 11.9. The number of benzene rings is 2. The average molecular weight is 338 g/mol. The third kappa shape index (κ3) is 4.41. The monoisotopic (exact) mass is 338 g/mol. The van der Waals surface area contributed by atoms with Crippen LogP contribution in [0.2, 0.25) is 0 Å². The molecule has 0 amide bonds. The third-order valence-electron chi connectivity index (χ3n) is 4.17. The second-order valence-corrected chi connectivity index (χ2v) is 6.73. The lowest BCUT2D eigenvalue weighted by Crippen LogP contribution is -2.39. The van der Waals surface area contributed by atoms with E-state index in [4.69, 9.17) is 9.47 Å². The summed E-state index contributed by atoms with van der Waals surface area (Å²) in [5, 5.41) is 0. The van der Waals surface area contributed by atoms with Crippen molar-refractivity contribution in [1.29, 1.82) is 0 Å². The molecule has 1 heterocycles. The van der Waals surface area contributed by atoms with Gasteiger partial charge in [-0.2, -0.15) is 0 Å². The number of hydrogen-bond donors (Lipinski definition) is 0. The first-order valence-electron chi connectivity index (χ1n) is 8.43. The van der Waals surface area contributed by atoms with Gasteiger partial charge >= 0.3 is 0 Å². The molecule has 0 N–H and O–H groups in total. The van der Waals surface area contributed by atoms with E-state index >= 15 is 0 Å². The Labute approximate surface area is 147 Å². The fourth-order valence-electron chi connectivity index (χ4n) is 3.03. The molecule has 2 aromatic carbocycles. The van der Waals surface area contributed by atoms with E-state index < -0.39 is 18.0 Å². The molecule has 0 radical (unpaired) electrons. The Hall–Kier alpha value is -2.30. The lowest BCUT2D eigenvalue weighted by atomic mass is 9.97. The van der Waals surface area contributed by atoms with Crippen LogP contribution in [0.5, 0.6) is 0 Å². The van der Waals surface area contributed by atoms with Crippen LogP contribution in [0.4, 0.5) is 0 Å². The second-order valence-electron chi connectivity index (χ2n) is 6.73. The molecule has 2 aromatic rings. The predicted octanol–water partition coefficient (Wildman–Crippen LogP) is 3.13. The van der Waals surface area contributed by atoms with Crippen molar-refractivity contribution in [2.75, 3.05) is 0 Å². The van der Waals surface area contributed by atoms with Gasteiger partial charge in [0, 0.05) is 12.8 Å². The minimum absolute atomic E-state index is 0.136. The number of carbonyl (C=O) groups is 2. The molecule has 4 heteroatoms. The molecule has 2 atom stereocenters. The van der Waals surface area contributed by atoms with Crippen LogP contribution in [-0.4, -0.2) is 29.6 Å². The average Bonchev–Trinajstić information content (AvgIpc) is 2.93. The maximum atomic E-state index is 12.7. The summed E-state index contributed by atoms with van der Waals surface area (Å²) >= 11 is 0. The number of carbonyl (C=O) groups excluding carboxylic acids is 2. The smallest absolute Gasteiger partial charge is 0.169 e. The van der Waals surface area contributed by atoms with E-state index in [2.05, 4.69) is 0 Å². The summed E-state index contributed by atoms with van der Waals surface area (Å²) in [4.78, 5) is 25.4. The SMILES string of the molecule is CC1(C)OC(C(=O)Cc2ccccc2)C(C(=O)Cc2ccccc2)O1. The summed E-state index contributed by atoms with van der Waals surface area (Å²) in [7, 11) is 0. The maximum absolute atomic E-state index is 12.7. The summed E-state index contributed by atoms with van der Waals surface area (Å²) in [6, 6.07) is 18.9. The van der Waals surface area contributed by atoms with E-state index in [-0.39, 0.29) is 24.4 Å². The summed E-state index contributed by atoms with van der Waals surface area (Å²) in [6.07, 6.45) is -1.29. The fraction of sp³-hybridized carbons (Fsp3) is 0.333. The second kappa shape index (κ2) is 7.30. The Bertz CT molecular complexity index is 674. The van der Waals surface area contributed by atoms with Crippen molar-refractivity contribution >= 4 is 11.6 Å². The summed E-state index contributed by atoms with van der Waals surface area (Å²) < 4.78 is 11.5. The lowest BCUT2D eigenvalue weighted by molar-refractivity contribution is -0.158. The molecule has 1 saturated heterocycles. The van der Waals surface area contributed by atoms with Crippen LogP contribution < -0.4 is 0 Å². The zero-order chi connectivity index (χ0) is 17.9. The van der Waals surface area contributed by atoms with Gasteiger partial charge in [-0.25, -0.2) is 0 Å². The number of Topliss-reactive ketones (excluding diaryl/α,β-unsaturated/α-hetero) is 2. The van der Waals surface area contributed by atoms with Gasteiger partial charge in [0.2, 0.25) is 0 Å². The van der Waals surface area contributed by atoms with Crippen LogP contribution in [0.15, 0.2) is 60.7 Å². The highest BCUT2D eigenvalue weighted by Crippen LogP contribution is 2.30. The van der Waals surface area contributed by atoms with Gasteiger partial charge < -0.3 is 9.47 Å². The fourth-order valence-corrected chi connectivity index (χ4v) is 3.03. The molecule has 0 saturated carbocycles. The summed E-state index contributed by atoms with van der Waals surface area (Å²) in [6.45, 7) is 3.46. The van der Waals surface area contributed by atoms with E-state index in [0.29, 0.717) is 0 Å². The zero-order valence-corrected chi connectivity index (χ0v) is 14.5. The molecular formula is C21H22O4. The Morgan fingerprint density at radius 2 is 1.12 bits per heavy atom. The zero-order valence-electron chi connectivity index (χ0n) is 14.5. The Kier molecular flexibility index (Phi) is 5.11. The van der Waals surface area contributed by atoms with E-state index in [9.17, 15) is 9.59 Å². The molecule has 4 nitrogen and oxygen atoms in total. The minimum Gasteiger partial charge on any atom is -0.336 e. The number of hydrogen-bond acceptors (Lipinski definition) is 4. The first-order valence-corrected chi connectivity index (χ1v) is 8.43. The molecule has 0 aliphatic carbocycles. The highest BCUT2D eigenvalue weighted by molar-refractivity contribution is 5.95. The maximum Gasteiger partial charge on any atom is 0.169 e. The van der Waals surface area contributed by atoms with Crippen molar-refractivity contribution in [3.05, 3.63) is 71.8 Å². The van der Waals surface area contributed by atoms with Crippen molar-refractivity contribution in [3.63, 3.8) is 0 Å². The molecule has 2 unspecified atom stereocenters. The largest absolute Gasteiger partial charge is 0.336 e. The van der Waals surface area contributed by atoms with Crippen molar-refractivity contribution in [2.24, 2.45) is 0 Å². The van der Waals surface area contributed by atoms with Gasteiger partial charge in [-0.15, -0.1) is 0 Å². The normalized spacial score (nSPS) is 21.8. The Morgan fingerprint density at radius 3 is 1.48 bits per heavy atom. The predicted molar refractivity (Wildman–Crippen MR) is 94.1 cm³/mol. The van der Waals surface area contributed by atoms with Crippen molar-refractivity contribution in [3.8, 4) is 0 Å². The van der Waals surface area contributed by atoms with Crippen LogP contribution in [0.1, 0.15) is 25.0 Å². The molecule has 3 rings (SSSR count). The van der Waals surface area contributed by atoms with Gasteiger partial charge in [-0.1, -0.05) is 60.7 Å². The summed E-state index contributed by atoms with van der Waals surface area (Å²) in [5.74, 6) is -1.22. The van der Waals surface area contributed by atoms with Crippen molar-refractivity contribution in [2.45, 2.75) is 44.7 Å². The first kappa shape index (κ1) is 17.5. The lowest BCUT2D eigenvalue weighted by Gasteiger charge is -2.16. The molecule has 1 fully saturated rings. The van der Waals surface area contributed by atoms with Gasteiger partial charge in [0.25, 0.3) is 0 Å².